The molecule has 2 rings (SSSR count). The molecule has 4 heteroatoms. The van der Waals surface area contributed by atoms with E-state index in [1.807, 2.05) is 6.07 Å². The number of nitrogens with zero attached hydrogens (tertiary/aromatic N) is 1. The van der Waals surface area contributed by atoms with Crippen LogP contribution in [-0.2, 0) is 4.74 Å². The molecule has 1 unspecified atom stereocenters. The number of nitrogens with two attached hydrogens (primary N) is 1. The van der Waals surface area contributed by atoms with Crippen LogP contribution in [0.1, 0.15) is 25.5 Å². The SMILES string of the molecule is CC(C)CN1CCOC(c2ccc(N)c(F)c2)C1. The summed E-state index contributed by atoms with van der Waals surface area (Å²) in [5.41, 5.74) is 6.54. The highest BCUT2D eigenvalue weighted by molar-refractivity contribution is 5.41. The topological polar surface area (TPSA) is 38.5 Å². The van der Waals surface area contributed by atoms with Crippen molar-refractivity contribution in [3.05, 3.63) is 29.6 Å². The molecule has 3 nitrogen and oxygen atoms in total. The van der Waals surface area contributed by atoms with Crippen LogP contribution in [-0.4, -0.2) is 31.1 Å². The summed E-state index contributed by atoms with van der Waals surface area (Å²) in [6, 6.07) is 4.94. The molecule has 1 aliphatic heterocycles. The number of hydrogen-bond donors (Lipinski definition) is 1. The third-order valence-electron chi connectivity index (χ3n) is 3.17. The molecule has 0 aromatic heterocycles. The maximum atomic E-state index is 13.4. The van der Waals surface area contributed by atoms with Gasteiger partial charge in [-0.05, 0) is 23.6 Å². The minimum atomic E-state index is -0.364. The molecule has 2 N–H and O–H groups in total. The van der Waals surface area contributed by atoms with Crippen molar-refractivity contribution in [2.24, 2.45) is 5.92 Å². The van der Waals surface area contributed by atoms with Crippen LogP contribution in [0.4, 0.5) is 10.1 Å². The second kappa shape index (κ2) is 5.67. The number of anilines is 1. The lowest BCUT2D eigenvalue weighted by Crippen LogP contribution is -2.40. The predicted molar refractivity (Wildman–Crippen MR) is 70.8 cm³/mol. The molecule has 0 aliphatic carbocycles. The molecule has 1 atom stereocenters. The second-order valence-electron chi connectivity index (χ2n) is 5.29. The molecule has 1 aromatic rings. The molecule has 0 spiro atoms. The van der Waals surface area contributed by atoms with Gasteiger partial charge >= 0.3 is 0 Å². The highest BCUT2D eigenvalue weighted by Crippen LogP contribution is 2.25. The highest BCUT2D eigenvalue weighted by atomic mass is 19.1. The summed E-state index contributed by atoms with van der Waals surface area (Å²) in [5, 5.41) is 0. The van der Waals surface area contributed by atoms with Crippen LogP contribution < -0.4 is 5.73 Å². The minimum absolute atomic E-state index is 0.0485. The maximum absolute atomic E-state index is 13.4. The van der Waals surface area contributed by atoms with Crippen molar-refractivity contribution in [2.45, 2.75) is 20.0 Å². The molecule has 18 heavy (non-hydrogen) atoms. The lowest BCUT2D eigenvalue weighted by Gasteiger charge is -2.34. The van der Waals surface area contributed by atoms with Gasteiger partial charge < -0.3 is 10.5 Å². The van der Waals surface area contributed by atoms with Gasteiger partial charge in [0, 0.05) is 19.6 Å². The van der Waals surface area contributed by atoms with E-state index in [9.17, 15) is 4.39 Å². The normalized spacial score (nSPS) is 21.4. The Morgan fingerprint density at radius 1 is 1.50 bits per heavy atom. The van der Waals surface area contributed by atoms with Crippen molar-refractivity contribution in [1.82, 2.24) is 4.90 Å². The molecule has 1 fully saturated rings. The fraction of sp³-hybridized carbons (Fsp3) is 0.571. The largest absolute Gasteiger partial charge is 0.396 e. The molecule has 1 saturated heterocycles. The first-order valence-electron chi connectivity index (χ1n) is 6.45. The zero-order valence-corrected chi connectivity index (χ0v) is 11.0. The van der Waals surface area contributed by atoms with E-state index in [0.717, 1.165) is 25.2 Å². The summed E-state index contributed by atoms with van der Waals surface area (Å²) in [6.45, 7) is 7.93. The van der Waals surface area contributed by atoms with E-state index in [1.54, 1.807) is 6.07 Å². The summed E-state index contributed by atoms with van der Waals surface area (Å²) < 4.78 is 19.2. The Labute approximate surface area is 108 Å². The van der Waals surface area contributed by atoms with E-state index in [4.69, 9.17) is 10.5 Å². The zero-order chi connectivity index (χ0) is 13.1. The van der Waals surface area contributed by atoms with E-state index < -0.39 is 0 Å². The standard InChI is InChI=1S/C14H21FN2O/c1-10(2)8-17-5-6-18-14(9-17)11-3-4-13(16)12(15)7-11/h3-4,7,10,14H,5-6,8-9,16H2,1-2H3. The molecule has 0 saturated carbocycles. The highest BCUT2D eigenvalue weighted by Gasteiger charge is 2.22. The summed E-state index contributed by atoms with van der Waals surface area (Å²) >= 11 is 0. The molecule has 0 amide bonds. The van der Waals surface area contributed by atoms with Gasteiger partial charge in [0.05, 0.1) is 18.4 Å². The van der Waals surface area contributed by atoms with E-state index in [1.165, 1.54) is 6.07 Å². The van der Waals surface area contributed by atoms with Gasteiger partial charge in [0.1, 0.15) is 5.82 Å². The first kappa shape index (κ1) is 13.3. The smallest absolute Gasteiger partial charge is 0.146 e. The van der Waals surface area contributed by atoms with Crippen LogP contribution in [0.2, 0.25) is 0 Å². The third-order valence-corrected chi connectivity index (χ3v) is 3.17. The number of hydrogen-bond acceptors (Lipinski definition) is 3. The first-order valence-corrected chi connectivity index (χ1v) is 6.45. The molecular formula is C14H21FN2O. The average molecular weight is 252 g/mol. The van der Waals surface area contributed by atoms with E-state index in [-0.39, 0.29) is 17.6 Å². The average Bonchev–Trinajstić information content (AvgIpc) is 2.32. The van der Waals surface area contributed by atoms with Crippen LogP contribution >= 0.6 is 0 Å². The molecule has 100 valence electrons. The summed E-state index contributed by atoms with van der Waals surface area (Å²) in [6.07, 6.45) is -0.0485. The predicted octanol–water partition coefficient (Wildman–Crippen LogP) is 2.44. The Hall–Kier alpha value is -1.13. The number of morpholine rings is 1. The number of halogens is 1. The van der Waals surface area contributed by atoms with Crippen LogP contribution in [0.25, 0.3) is 0 Å². The van der Waals surface area contributed by atoms with Crippen molar-refractivity contribution in [2.75, 3.05) is 32.0 Å². The molecule has 0 bridgehead atoms. The summed E-state index contributed by atoms with van der Waals surface area (Å²) in [5.74, 6) is 0.268. The van der Waals surface area contributed by atoms with Crippen LogP contribution in [0.5, 0.6) is 0 Å². The second-order valence-corrected chi connectivity index (χ2v) is 5.29. The van der Waals surface area contributed by atoms with Gasteiger partial charge in [0.15, 0.2) is 0 Å². The lowest BCUT2D eigenvalue weighted by atomic mass is 10.1. The van der Waals surface area contributed by atoms with Crippen LogP contribution in [0.15, 0.2) is 18.2 Å². The molecular weight excluding hydrogens is 231 g/mol. The van der Waals surface area contributed by atoms with Crippen molar-refractivity contribution in [1.29, 1.82) is 0 Å². The summed E-state index contributed by atoms with van der Waals surface area (Å²) in [7, 11) is 0. The Balaban J connectivity index is 2.05. The van der Waals surface area contributed by atoms with E-state index >= 15 is 0 Å². The van der Waals surface area contributed by atoms with Gasteiger partial charge in [-0.3, -0.25) is 4.90 Å². The first-order chi connectivity index (χ1) is 8.56. The van der Waals surface area contributed by atoms with Crippen molar-refractivity contribution in [3.8, 4) is 0 Å². The van der Waals surface area contributed by atoms with E-state index in [0.29, 0.717) is 12.5 Å². The summed E-state index contributed by atoms with van der Waals surface area (Å²) in [4.78, 5) is 2.37. The molecule has 0 radical (unpaired) electrons. The quantitative estimate of drug-likeness (QED) is 0.840. The van der Waals surface area contributed by atoms with Gasteiger partial charge in [-0.1, -0.05) is 19.9 Å². The fourth-order valence-electron chi connectivity index (χ4n) is 2.33. The van der Waals surface area contributed by atoms with Gasteiger partial charge in [-0.2, -0.15) is 0 Å². The molecule has 1 aromatic carbocycles. The lowest BCUT2D eigenvalue weighted by molar-refractivity contribution is -0.0333. The Morgan fingerprint density at radius 2 is 2.28 bits per heavy atom. The Kier molecular flexibility index (Phi) is 4.19. The van der Waals surface area contributed by atoms with Crippen molar-refractivity contribution in [3.63, 3.8) is 0 Å². The maximum Gasteiger partial charge on any atom is 0.146 e. The van der Waals surface area contributed by atoms with Crippen molar-refractivity contribution >= 4 is 5.69 Å². The van der Waals surface area contributed by atoms with Gasteiger partial charge in [-0.25, -0.2) is 4.39 Å². The van der Waals surface area contributed by atoms with Gasteiger partial charge in [0.25, 0.3) is 0 Å². The Bertz CT molecular complexity index is 409. The third kappa shape index (κ3) is 3.21. The van der Waals surface area contributed by atoms with Crippen LogP contribution in [0, 0.1) is 11.7 Å². The van der Waals surface area contributed by atoms with E-state index in [2.05, 4.69) is 18.7 Å². The number of benzene rings is 1. The number of rotatable bonds is 3. The monoisotopic (exact) mass is 252 g/mol. The molecule has 1 heterocycles. The fourth-order valence-corrected chi connectivity index (χ4v) is 2.33. The zero-order valence-electron chi connectivity index (χ0n) is 11.0. The number of ether oxygens (including phenoxy) is 1. The minimum Gasteiger partial charge on any atom is -0.396 e. The van der Waals surface area contributed by atoms with Crippen molar-refractivity contribution < 1.29 is 9.13 Å². The van der Waals surface area contributed by atoms with Gasteiger partial charge in [0.2, 0.25) is 0 Å². The van der Waals surface area contributed by atoms with Gasteiger partial charge in [-0.15, -0.1) is 0 Å². The number of nitrogen functional groups attached to an aromatic ring is 1. The molecule has 1 aliphatic rings. The van der Waals surface area contributed by atoms with Crippen LogP contribution in [0.3, 0.4) is 0 Å². The Morgan fingerprint density at radius 3 is 2.94 bits per heavy atom.